The molecule has 4 nitrogen and oxygen atoms in total. The molecule has 0 N–H and O–H groups in total. The van der Waals surface area contributed by atoms with Crippen LogP contribution in [0.3, 0.4) is 0 Å². The van der Waals surface area contributed by atoms with E-state index in [1.165, 1.54) is 18.2 Å². The minimum absolute atomic E-state index is 0.0962. The van der Waals surface area contributed by atoms with Gasteiger partial charge in [-0.05, 0) is 29.3 Å². The highest BCUT2D eigenvalue weighted by Crippen LogP contribution is 2.37. The zero-order valence-electron chi connectivity index (χ0n) is 13.1. The van der Waals surface area contributed by atoms with Crippen LogP contribution < -0.4 is 0 Å². The van der Waals surface area contributed by atoms with Gasteiger partial charge in [0.15, 0.2) is 6.23 Å². The molecule has 2 aromatic rings. The number of carbonyl (C=O) groups excluding carboxylic acids is 1. The predicted molar refractivity (Wildman–Crippen MR) is 85.2 cm³/mol. The maximum atomic E-state index is 14.5. The van der Waals surface area contributed by atoms with Crippen LogP contribution in [0.15, 0.2) is 46.6 Å². The largest absolute Gasteiger partial charge is 0.419 e. The number of rotatable bonds is 3. The van der Waals surface area contributed by atoms with Crippen LogP contribution in [0.1, 0.15) is 11.1 Å². The zero-order chi connectivity index (χ0) is 18.9. The molecule has 9 heteroatoms. The van der Waals surface area contributed by atoms with Crippen LogP contribution >= 0.6 is 11.6 Å². The molecule has 0 saturated heterocycles. The number of carbonyl (C=O) groups is 1. The van der Waals surface area contributed by atoms with Gasteiger partial charge in [-0.1, -0.05) is 29.8 Å². The lowest BCUT2D eigenvalue weighted by molar-refractivity contribution is -0.139. The Balaban J connectivity index is 2.04. The maximum absolute atomic E-state index is 14.5. The SMILES string of the molecule is O=C1COC(Cc2ccc(Cl)cc2-c2cccc(C(F)(F)F)c2F)N=N1. The molecule has 26 heavy (non-hydrogen) atoms. The second-order valence-electron chi connectivity index (χ2n) is 5.55. The highest BCUT2D eigenvalue weighted by atomic mass is 35.5. The van der Waals surface area contributed by atoms with E-state index in [0.717, 1.165) is 6.07 Å². The molecule has 1 aliphatic rings. The van der Waals surface area contributed by atoms with Crippen LogP contribution in [0.25, 0.3) is 11.1 Å². The fourth-order valence-corrected chi connectivity index (χ4v) is 2.75. The first-order valence-electron chi connectivity index (χ1n) is 7.45. The average Bonchev–Trinajstić information content (AvgIpc) is 2.58. The van der Waals surface area contributed by atoms with Crippen LogP contribution in [0.5, 0.6) is 0 Å². The number of azo groups is 1. The van der Waals surface area contributed by atoms with Gasteiger partial charge in [-0.15, -0.1) is 5.11 Å². The normalized spacial score (nSPS) is 17.6. The third-order valence-corrected chi connectivity index (χ3v) is 3.99. The molecule has 1 aliphatic heterocycles. The summed E-state index contributed by atoms with van der Waals surface area (Å²) in [6.45, 7) is -0.241. The first-order valence-corrected chi connectivity index (χ1v) is 7.83. The van der Waals surface area contributed by atoms with E-state index in [9.17, 15) is 22.4 Å². The molecule has 0 radical (unpaired) electrons. The van der Waals surface area contributed by atoms with Crippen molar-refractivity contribution >= 4 is 17.5 Å². The molecule has 136 valence electrons. The molecule has 2 aromatic carbocycles. The molecule has 0 aliphatic carbocycles. The number of amides is 1. The topological polar surface area (TPSA) is 51.0 Å². The van der Waals surface area contributed by atoms with Gasteiger partial charge >= 0.3 is 6.18 Å². The lowest BCUT2D eigenvalue weighted by atomic mass is 9.95. The van der Waals surface area contributed by atoms with Gasteiger partial charge in [-0.3, -0.25) is 4.79 Å². The predicted octanol–water partition coefficient (Wildman–Crippen LogP) is 5.04. The molecule has 0 spiro atoms. The minimum atomic E-state index is -4.82. The third kappa shape index (κ3) is 3.91. The molecule has 0 saturated carbocycles. The lowest BCUT2D eigenvalue weighted by Crippen LogP contribution is -2.22. The van der Waals surface area contributed by atoms with Crippen LogP contribution in [0.4, 0.5) is 17.6 Å². The summed E-state index contributed by atoms with van der Waals surface area (Å²) in [5.41, 5.74) is -0.941. The molecule has 1 amide bonds. The van der Waals surface area contributed by atoms with Gasteiger partial charge in [0.05, 0.1) is 5.56 Å². The van der Waals surface area contributed by atoms with E-state index in [4.69, 9.17) is 16.3 Å². The Morgan fingerprint density at radius 1 is 1.19 bits per heavy atom. The fourth-order valence-electron chi connectivity index (χ4n) is 2.58. The number of ether oxygens (including phenoxy) is 1. The highest BCUT2D eigenvalue weighted by molar-refractivity contribution is 6.30. The van der Waals surface area contributed by atoms with Crippen molar-refractivity contribution in [3.63, 3.8) is 0 Å². The molecule has 3 rings (SSSR count). The molecule has 0 aromatic heterocycles. The van der Waals surface area contributed by atoms with E-state index >= 15 is 0 Å². The fraction of sp³-hybridized carbons (Fsp3) is 0.235. The second-order valence-corrected chi connectivity index (χ2v) is 5.98. The lowest BCUT2D eigenvalue weighted by Gasteiger charge is -2.18. The van der Waals surface area contributed by atoms with Gasteiger partial charge in [-0.2, -0.15) is 18.3 Å². The Bertz CT molecular complexity index is 884. The first-order chi connectivity index (χ1) is 12.3. The summed E-state index contributed by atoms with van der Waals surface area (Å²) < 4.78 is 58.7. The van der Waals surface area contributed by atoms with Gasteiger partial charge in [0.25, 0.3) is 5.91 Å². The zero-order valence-corrected chi connectivity index (χ0v) is 13.8. The molecule has 1 unspecified atom stereocenters. The van der Waals surface area contributed by atoms with Crippen LogP contribution in [-0.4, -0.2) is 18.7 Å². The average molecular weight is 387 g/mol. The standard InChI is InChI=1S/C17H11ClF4N2O2/c18-10-5-4-9(6-15-24-23-14(25)8-26-15)12(7-10)11-2-1-3-13(16(11)19)17(20,21)22/h1-5,7,15H,6,8H2. The van der Waals surface area contributed by atoms with Crippen molar-refractivity contribution < 1.29 is 27.1 Å². The molecule has 0 fully saturated rings. The second kappa shape index (κ2) is 7.13. The molecular weight excluding hydrogens is 376 g/mol. The number of benzene rings is 2. The van der Waals surface area contributed by atoms with E-state index in [0.29, 0.717) is 11.6 Å². The van der Waals surface area contributed by atoms with Crippen molar-refractivity contribution in [2.24, 2.45) is 10.2 Å². The van der Waals surface area contributed by atoms with E-state index in [1.807, 2.05) is 0 Å². The first kappa shape index (κ1) is 18.5. The van der Waals surface area contributed by atoms with Crippen LogP contribution in [-0.2, 0) is 22.1 Å². The number of hydrogen-bond acceptors (Lipinski definition) is 3. The Morgan fingerprint density at radius 2 is 1.96 bits per heavy atom. The van der Waals surface area contributed by atoms with Gasteiger partial charge in [-0.25, -0.2) is 4.39 Å². The van der Waals surface area contributed by atoms with Crippen molar-refractivity contribution in [2.45, 2.75) is 18.8 Å². The third-order valence-electron chi connectivity index (χ3n) is 3.76. The van der Waals surface area contributed by atoms with Crippen LogP contribution in [0.2, 0.25) is 5.02 Å². The van der Waals surface area contributed by atoms with Crippen LogP contribution in [0, 0.1) is 5.82 Å². The van der Waals surface area contributed by atoms with E-state index in [-0.39, 0.29) is 29.2 Å². The minimum Gasteiger partial charge on any atom is -0.344 e. The Morgan fingerprint density at radius 3 is 2.62 bits per heavy atom. The summed E-state index contributed by atoms with van der Waals surface area (Å²) in [6.07, 6.45) is -5.51. The highest BCUT2D eigenvalue weighted by Gasteiger charge is 2.35. The summed E-state index contributed by atoms with van der Waals surface area (Å²) in [5, 5.41) is 7.33. The van der Waals surface area contributed by atoms with Gasteiger partial charge in [0.2, 0.25) is 0 Å². The summed E-state index contributed by atoms with van der Waals surface area (Å²) >= 11 is 5.95. The smallest absolute Gasteiger partial charge is 0.344 e. The van der Waals surface area contributed by atoms with Crippen molar-refractivity contribution in [3.05, 3.63) is 58.4 Å². The Kier molecular flexibility index (Phi) is 5.06. The molecule has 1 heterocycles. The number of halogens is 5. The van der Waals surface area contributed by atoms with Crippen molar-refractivity contribution in [1.29, 1.82) is 0 Å². The Hall–Kier alpha value is -2.32. The van der Waals surface area contributed by atoms with Gasteiger partial charge in [0, 0.05) is 17.0 Å². The summed E-state index contributed by atoms with van der Waals surface area (Å²) in [5.74, 6) is -1.91. The number of hydrogen-bond donors (Lipinski definition) is 0. The van der Waals surface area contributed by atoms with Crippen molar-refractivity contribution in [2.75, 3.05) is 6.61 Å². The molecule has 0 bridgehead atoms. The number of nitrogens with zero attached hydrogens (tertiary/aromatic N) is 2. The van der Waals surface area contributed by atoms with Gasteiger partial charge < -0.3 is 4.74 Å². The Labute approximate surface area is 150 Å². The van der Waals surface area contributed by atoms with Crippen molar-refractivity contribution in [1.82, 2.24) is 0 Å². The van der Waals surface area contributed by atoms with Gasteiger partial charge in [0.1, 0.15) is 12.4 Å². The monoisotopic (exact) mass is 386 g/mol. The molecule has 1 atom stereocenters. The van der Waals surface area contributed by atoms with Crippen molar-refractivity contribution in [3.8, 4) is 11.1 Å². The van der Waals surface area contributed by atoms with E-state index in [2.05, 4.69) is 10.2 Å². The summed E-state index contributed by atoms with van der Waals surface area (Å²) in [6, 6.07) is 7.49. The van der Waals surface area contributed by atoms with E-state index < -0.39 is 29.7 Å². The quantitative estimate of drug-likeness (QED) is 0.694. The molecular formula is C17H11ClF4N2O2. The summed E-state index contributed by atoms with van der Waals surface area (Å²) in [7, 11) is 0. The maximum Gasteiger partial charge on any atom is 0.419 e. The van der Waals surface area contributed by atoms with E-state index in [1.54, 1.807) is 6.07 Å². The summed E-state index contributed by atoms with van der Waals surface area (Å²) in [4.78, 5) is 11.0. The number of alkyl halides is 3.